The topological polar surface area (TPSA) is 71.5 Å². The minimum Gasteiger partial charge on any atom is -0.467 e. The van der Waals surface area contributed by atoms with E-state index in [0.717, 1.165) is 12.2 Å². The van der Waals surface area contributed by atoms with E-state index in [1.807, 2.05) is 12.1 Å². The Hall–Kier alpha value is -2.27. The quantitative estimate of drug-likeness (QED) is 0.498. The molecular formula is C15H19N3O2. The van der Waals surface area contributed by atoms with Crippen molar-refractivity contribution in [2.45, 2.75) is 20.4 Å². The lowest BCUT2D eigenvalue weighted by Crippen LogP contribution is -2.31. The van der Waals surface area contributed by atoms with Gasteiger partial charge in [0.15, 0.2) is 0 Å². The molecule has 1 aromatic heterocycles. The first-order chi connectivity index (χ1) is 9.65. The molecule has 2 rings (SSSR count). The molecule has 106 valence electrons. The van der Waals surface area contributed by atoms with Gasteiger partial charge in [0, 0.05) is 12.2 Å². The lowest BCUT2D eigenvalue weighted by molar-refractivity contribution is 0.0951. The molecule has 0 aliphatic rings. The third kappa shape index (κ3) is 3.00. The molecular weight excluding hydrogens is 254 g/mol. The number of hydrogen-bond donors (Lipinski definition) is 2. The van der Waals surface area contributed by atoms with E-state index in [0.29, 0.717) is 17.9 Å². The number of nitrogens with two attached hydrogens (primary N) is 1. The highest BCUT2D eigenvalue weighted by molar-refractivity contribution is 5.94. The zero-order chi connectivity index (χ0) is 14.5. The average Bonchev–Trinajstić information content (AvgIpc) is 2.92. The van der Waals surface area contributed by atoms with Gasteiger partial charge in [-0.15, -0.1) is 0 Å². The number of nitrogens with one attached hydrogen (secondary N) is 1. The van der Waals surface area contributed by atoms with Gasteiger partial charge in [-0.05, 0) is 37.6 Å². The number of carbonyl (C=O) groups excluding carboxylic acids is 1. The second-order valence-corrected chi connectivity index (χ2v) is 4.58. The van der Waals surface area contributed by atoms with Crippen molar-refractivity contribution < 1.29 is 9.21 Å². The third-order valence-electron chi connectivity index (χ3n) is 3.20. The van der Waals surface area contributed by atoms with Crippen molar-refractivity contribution in [3.8, 4) is 0 Å². The van der Waals surface area contributed by atoms with Crippen molar-refractivity contribution in [3.05, 3.63) is 53.5 Å². The first kappa shape index (κ1) is 14.1. The average molecular weight is 273 g/mol. The van der Waals surface area contributed by atoms with Gasteiger partial charge in [-0.2, -0.15) is 0 Å². The van der Waals surface area contributed by atoms with E-state index in [-0.39, 0.29) is 5.91 Å². The Morgan fingerprint density at radius 1 is 1.40 bits per heavy atom. The lowest BCUT2D eigenvalue weighted by atomic mass is 10.2. The Morgan fingerprint density at radius 2 is 2.20 bits per heavy atom. The first-order valence-electron chi connectivity index (χ1n) is 6.54. The van der Waals surface area contributed by atoms with Crippen LogP contribution in [0.15, 0.2) is 41.0 Å². The standard InChI is InChI=1S/C15H19N3O2/c1-3-18(12-6-4-5-11(2)9-12)10-14-13(7-8-20-14)15(19)17-16/h4-9H,3,10,16H2,1-2H3,(H,17,19). The first-order valence-corrected chi connectivity index (χ1v) is 6.54. The molecule has 0 atom stereocenters. The van der Waals surface area contributed by atoms with Crippen LogP contribution in [-0.4, -0.2) is 12.5 Å². The molecule has 20 heavy (non-hydrogen) atoms. The molecule has 0 spiro atoms. The Labute approximate surface area is 118 Å². The van der Waals surface area contributed by atoms with Gasteiger partial charge in [0.1, 0.15) is 5.76 Å². The molecule has 0 unspecified atom stereocenters. The summed E-state index contributed by atoms with van der Waals surface area (Å²) in [6.07, 6.45) is 1.50. The molecule has 2 aromatic rings. The van der Waals surface area contributed by atoms with Crippen molar-refractivity contribution in [1.29, 1.82) is 0 Å². The van der Waals surface area contributed by atoms with E-state index in [1.54, 1.807) is 6.07 Å². The van der Waals surface area contributed by atoms with Crippen molar-refractivity contribution >= 4 is 11.6 Å². The van der Waals surface area contributed by atoms with E-state index >= 15 is 0 Å². The van der Waals surface area contributed by atoms with Gasteiger partial charge in [-0.25, -0.2) is 5.84 Å². The van der Waals surface area contributed by atoms with E-state index in [2.05, 4.69) is 36.3 Å². The summed E-state index contributed by atoms with van der Waals surface area (Å²) >= 11 is 0. The number of nitrogen functional groups attached to an aromatic ring is 1. The SMILES string of the molecule is CCN(Cc1occc1C(=O)NN)c1cccc(C)c1. The number of anilines is 1. The van der Waals surface area contributed by atoms with Gasteiger partial charge in [0.2, 0.25) is 0 Å². The largest absolute Gasteiger partial charge is 0.467 e. The normalized spacial score (nSPS) is 10.3. The molecule has 5 nitrogen and oxygen atoms in total. The van der Waals surface area contributed by atoms with Crippen LogP contribution in [0.4, 0.5) is 5.69 Å². The maximum absolute atomic E-state index is 11.6. The molecule has 0 bridgehead atoms. The molecule has 5 heteroatoms. The fourth-order valence-corrected chi connectivity index (χ4v) is 2.13. The number of aryl methyl sites for hydroxylation is 1. The Morgan fingerprint density at radius 3 is 2.85 bits per heavy atom. The zero-order valence-corrected chi connectivity index (χ0v) is 11.7. The van der Waals surface area contributed by atoms with Crippen LogP contribution in [0.1, 0.15) is 28.6 Å². The molecule has 3 N–H and O–H groups in total. The highest BCUT2D eigenvalue weighted by Crippen LogP contribution is 2.20. The number of benzene rings is 1. The summed E-state index contributed by atoms with van der Waals surface area (Å²) < 4.78 is 5.41. The smallest absolute Gasteiger partial charge is 0.268 e. The van der Waals surface area contributed by atoms with Crippen molar-refractivity contribution in [1.82, 2.24) is 5.43 Å². The minimum atomic E-state index is -0.339. The van der Waals surface area contributed by atoms with Gasteiger partial charge in [-0.3, -0.25) is 10.2 Å². The van der Waals surface area contributed by atoms with Crippen LogP contribution in [-0.2, 0) is 6.54 Å². The summed E-state index contributed by atoms with van der Waals surface area (Å²) in [5, 5.41) is 0. The molecule has 0 aliphatic heterocycles. The Balaban J connectivity index is 2.23. The summed E-state index contributed by atoms with van der Waals surface area (Å²) in [5.41, 5.74) is 4.90. The fraction of sp³-hybridized carbons (Fsp3) is 0.267. The maximum Gasteiger partial charge on any atom is 0.268 e. The second kappa shape index (κ2) is 6.25. The van der Waals surface area contributed by atoms with Crippen molar-refractivity contribution in [2.24, 2.45) is 5.84 Å². The van der Waals surface area contributed by atoms with Crippen molar-refractivity contribution in [2.75, 3.05) is 11.4 Å². The number of furan rings is 1. The van der Waals surface area contributed by atoms with Gasteiger partial charge < -0.3 is 9.32 Å². The summed E-state index contributed by atoms with van der Waals surface area (Å²) in [5.74, 6) is 5.44. The summed E-state index contributed by atoms with van der Waals surface area (Å²) in [6.45, 7) is 5.45. The van der Waals surface area contributed by atoms with E-state index in [4.69, 9.17) is 10.3 Å². The van der Waals surface area contributed by atoms with Crippen LogP contribution in [0.25, 0.3) is 0 Å². The molecule has 0 saturated carbocycles. The lowest BCUT2D eigenvalue weighted by Gasteiger charge is -2.22. The molecule has 0 aliphatic carbocycles. The molecule has 0 radical (unpaired) electrons. The number of rotatable bonds is 5. The predicted octanol–water partition coefficient (Wildman–Crippen LogP) is 2.22. The highest BCUT2D eigenvalue weighted by atomic mass is 16.3. The van der Waals surface area contributed by atoms with Crippen molar-refractivity contribution in [3.63, 3.8) is 0 Å². The number of hydrazine groups is 1. The van der Waals surface area contributed by atoms with Crippen LogP contribution in [0.5, 0.6) is 0 Å². The van der Waals surface area contributed by atoms with E-state index in [1.165, 1.54) is 11.8 Å². The van der Waals surface area contributed by atoms with Gasteiger partial charge >= 0.3 is 0 Å². The fourth-order valence-electron chi connectivity index (χ4n) is 2.13. The monoisotopic (exact) mass is 273 g/mol. The zero-order valence-electron chi connectivity index (χ0n) is 11.7. The molecule has 0 saturated heterocycles. The number of hydrogen-bond acceptors (Lipinski definition) is 4. The van der Waals surface area contributed by atoms with Gasteiger partial charge in [0.05, 0.1) is 18.4 Å². The number of carbonyl (C=O) groups is 1. The molecule has 1 heterocycles. The third-order valence-corrected chi connectivity index (χ3v) is 3.20. The Kier molecular flexibility index (Phi) is 4.42. The number of amides is 1. The summed E-state index contributed by atoms with van der Waals surface area (Å²) in [6, 6.07) is 9.85. The van der Waals surface area contributed by atoms with Crippen LogP contribution in [0.2, 0.25) is 0 Å². The molecule has 0 fully saturated rings. The van der Waals surface area contributed by atoms with Crippen LogP contribution in [0, 0.1) is 6.92 Å². The number of nitrogens with zero attached hydrogens (tertiary/aromatic N) is 1. The predicted molar refractivity (Wildman–Crippen MR) is 78.3 cm³/mol. The highest BCUT2D eigenvalue weighted by Gasteiger charge is 2.16. The van der Waals surface area contributed by atoms with Crippen LogP contribution >= 0.6 is 0 Å². The van der Waals surface area contributed by atoms with Crippen LogP contribution in [0.3, 0.4) is 0 Å². The van der Waals surface area contributed by atoms with E-state index < -0.39 is 0 Å². The van der Waals surface area contributed by atoms with Crippen LogP contribution < -0.4 is 16.2 Å². The van der Waals surface area contributed by atoms with Gasteiger partial charge in [0.25, 0.3) is 5.91 Å². The minimum absolute atomic E-state index is 0.339. The van der Waals surface area contributed by atoms with E-state index in [9.17, 15) is 4.79 Å². The maximum atomic E-state index is 11.6. The van der Waals surface area contributed by atoms with Gasteiger partial charge in [-0.1, -0.05) is 12.1 Å². The second-order valence-electron chi connectivity index (χ2n) is 4.58. The molecule has 1 aromatic carbocycles. The summed E-state index contributed by atoms with van der Waals surface area (Å²) in [4.78, 5) is 13.8. The summed E-state index contributed by atoms with van der Waals surface area (Å²) in [7, 11) is 0. The molecule has 1 amide bonds. The Bertz CT molecular complexity index is 592.